The molecule has 0 aliphatic heterocycles. The number of nitrogens with zero attached hydrogens (tertiary/aromatic N) is 2. The summed E-state index contributed by atoms with van der Waals surface area (Å²) in [4.78, 5) is 34.3. The van der Waals surface area contributed by atoms with Crippen molar-refractivity contribution in [1.82, 2.24) is 15.3 Å². The minimum absolute atomic E-state index is 0.0798. The predicted octanol–water partition coefficient (Wildman–Crippen LogP) is 5.36. The number of carbonyl (C=O) groups excluding carboxylic acids is 1. The lowest BCUT2D eigenvalue weighted by Crippen LogP contribution is -2.31. The lowest BCUT2D eigenvalue weighted by atomic mass is 9.96. The summed E-state index contributed by atoms with van der Waals surface area (Å²) >= 11 is 3.49. The standard InChI is InChI=1S/C27H24BrN3O4/c1-16-24(20-14-19(28)10-11-21(20)31-25(16)17-7-4-3-5-8-17)27(34)30-15-18(13-23(32)33)26-22(35-2)9-6-12-29-26/h3-12,14,18H,13,15H2,1-2H3,(H,30,34)(H,32,33)/t18-/m0/s1. The minimum Gasteiger partial charge on any atom is -0.495 e. The second kappa shape index (κ2) is 10.7. The van der Waals surface area contributed by atoms with Crippen LogP contribution in [0.2, 0.25) is 0 Å². The van der Waals surface area contributed by atoms with Gasteiger partial charge in [0.05, 0.1) is 36.0 Å². The number of hydrogen-bond acceptors (Lipinski definition) is 5. The Balaban J connectivity index is 1.74. The SMILES string of the molecule is COc1cccnc1[C@H](CNC(=O)c1c(C)c(-c2ccccc2)nc2ccc(Br)cc12)CC(=O)O. The molecule has 0 saturated heterocycles. The Morgan fingerprint density at radius 3 is 2.60 bits per heavy atom. The Hall–Kier alpha value is -3.78. The van der Waals surface area contributed by atoms with Crippen molar-refractivity contribution in [3.63, 3.8) is 0 Å². The number of carboxylic acids is 1. The number of methoxy groups -OCH3 is 1. The Bertz CT molecular complexity index is 1390. The van der Waals surface area contributed by atoms with Crippen LogP contribution in [0.5, 0.6) is 5.75 Å². The van der Waals surface area contributed by atoms with Crippen molar-refractivity contribution in [1.29, 1.82) is 0 Å². The van der Waals surface area contributed by atoms with Crippen LogP contribution in [0.15, 0.2) is 71.3 Å². The number of carbonyl (C=O) groups is 2. The van der Waals surface area contributed by atoms with E-state index in [1.807, 2.05) is 55.5 Å². The predicted molar refractivity (Wildman–Crippen MR) is 138 cm³/mol. The number of aromatic nitrogens is 2. The zero-order valence-electron chi connectivity index (χ0n) is 19.3. The molecule has 8 heteroatoms. The molecule has 178 valence electrons. The normalized spacial score (nSPS) is 11.7. The van der Waals surface area contributed by atoms with Gasteiger partial charge >= 0.3 is 5.97 Å². The van der Waals surface area contributed by atoms with Gasteiger partial charge in [-0.3, -0.25) is 14.6 Å². The number of pyridine rings is 2. The average Bonchev–Trinajstić information content (AvgIpc) is 2.86. The number of fused-ring (bicyclic) bond motifs is 1. The summed E-state index contributed by atoms with van der Waals surface area (Å²) in [7, 11) is 1.51. The number of hydrogen-bond donors (Lipinski definition) is 2. The quantitative estimate of drug-likeness (QED) is 0.316. The van der Waals surface area contributed by atoms with Gasteiger partial charge in [-0.25, -0.2) is 4.98 Å². The molecule has 0 bridgehead atoms. The summed E-state index contributed by atoms with van der Waals surface area (Å²) < 4.78 is 6.20. The molecule has 1 atom stereocenters. The summed E-state index contributed by atoms with van der Waals surface area (Å²) in [6, 6.07) is 18.8. The molecule has 0 aliphatic rings. The Morgan fingerprint density at radius 2 is 1.89 bits per heavy atom. The molecule has 2 N–H and O–H groups in total. The first kappa shape index (κ1) is 24.3. The van der Waals surface area contributed by atoms with Gasteiger partial charge in [-0.05, 0) is 42.8 Å². The maximum atomic E-state index is 13.6. The molecule has 0 spiro atoms. The van der Waals surface area contributed by atoms with E-state index in [0.717, 1.165) is 21.3 Å². The van der Waals surface area contributed by atoms with Crippen LogP contribution in [-0.2, 0) is 4.79 Å². The van der Waals surface area contributed by atoms with Crippen molar-refractivity contribution in [3.8, 4) is 17.0 Å². The van der Waals surface area contributed by atoms with Crippen molar-refractivity contribution < 1.29 is 19.4 Å². The Labute approximate surface area is 211 Å². The van der Waals surface area contributed by atoms with Crippen molar-refractivity contribution >= 4 is 38.7 Å². The first-order valence-electron chi connectivity index (χ1n) is 11.0. The number of halogens is 1. The number of carboxylic acid groups (broad SMARTS) is 1. The van der Waals surface area contributed by atoms with Crippen LogP contribution in [0.3, 0.4) is 0 Å². The van der Waals surface area contributed by atoms with E-state index in [1.54, 1.807) is 18.3 Å². The fraction of sp³-hybridized carbons (Fsp3) is 0.185. The van der Waals surface area contributed by atoms with E-state index in [-0.39, 0.29) is 18.9 Å². The number of aliphatic carboxylic acids is 1. The molecule has 0 fully saturated rings. The van der Waals surface area contributed by atoms with Gasteiger partial charge < -0.3 is 15.2 Å². The third kappa shape index (κ3) is 5.33. The highest BCUT2D eigenvalue weighted by Crippen LogP contribution is 2.32. The largest absolute Gasteiger partial charge is 0.495 e. The van der Waals surface area contributed by atoms with E-state index in [1.165, 1.54) is 7.11 Å². The third-order valence-corrected chi connectivity index (χ3v) is 6.29. The topological polar surface area (TPSA) is 101 Å². The molecule has 2 heterocycles. The smallest absolute Gasteiger partial charge is 0.304 e. The Morgan fingerprint density at radius 1 is 1.11 bits per heavy atom. The van der Waals surface area contributed by atoms with Gasteiger partial charge in [-0.15, -0.1) is 0 Å². The van der Waals surface area contributed by atoms with Gasteiger partial charge in [0.1, 0.15) is 5.75 Å². The monoisotopic (exact) mass is 533 g/mol. The van der Waals surface area contributed by atoms with E-state index in [9.17, 15) is 14.7 Å². The van der Waals surface area contributed by atoms with Crippen molar-refractivity contribution in [2.75, 3.05) is 13.7 Å². The van der Waals surface area contributed by atoms with Crippen molar-refractivity contribution in [2.45, 2.75) is 19.3 Å². The molecule has 2 aromatic carbocycles. The average molecular weight is 534 g/mol. The van der Waals surface area contributed by atoms with E-state index in [2.05, 4.69) is 26.2 Å². The summed E-state index contributed by atoms with van der Waals surface area (Å²) in [5.41, 5.74) is 4.05. The van der Waals surface area contributed by atoms with Crippen LogP contribution in [0.1, 0.15) is 34.0 Å². The number of amides is 1. The van der Waals surface area contributed by atoms with Crippen LogP contribution < -0.4 is 10.1 Å². The first-order chi connectivity index (χ1) is 16.9. The number of nitrogens with one attached hydrogen (secondary N) is 1. The molecule has 0 unspecified atom stereocenters. The highest BCUT2D eigenvalue weighted by molar-refractivity contribution is 9.10. The summed E-state index contributed by atoms with van der Waals surface area (Å²) in [6.07, 6.45) is 1.38. The van der Waals surface area contributed by atoms with Crippen molar-refractivity contribution in [3.05, 3.63) is 88.2 Å². The Kier molecular flexibility index (Phi) is 7.41. The second-order valence-corrected chi connectivity index (χ2v) is 9.00. The lowest BCUT2D eigenvalue weighted by molar-refractivity contribution is -0.137. The van der Waals surface area contributed by atoms with Gasteiger partial charge in [0, 0.05) is 34.1 Å². The molecule has 2 aromatic heterocycles. The summed E-state index contributed by atoms with van der Waals surface area (Å²) in [6.45, 7) is 1.96. The molecular weight excluding hydrogens is 510 g/mol. The summed E-state index contributed by atoms with van der Waals surface area (Å²) in [5.74, 6) is -1.39. The van der Waals surface area contributed by atoms with Gasteiger partial charge in [0.25, 0.3) is 5.91 Å². The summed E-state index contributed by atoms with van der Waals surface area (Å²) in [5, 5.41) is 13.1. The van der Waals surface area contributed by atoms with Gasteiger partial charge in [0.2, 0.25) is 0 Å². The van der Waals surface area contributed by atoms with Gasteiger partial charge in [-0.2, -0.15) is 0 Å². The molecule has 0 aliphatic carbocycles. The maximum Gasteiger partial charge on any atom is 0.304 e. The van der Waals surface area contributed by atoms with Crippen LogP contribution >= 0.6 is 15.9 Å². The molecule has 4 aromatic rings. The maximum absolute atomic E-state index is 13.6. The zero-order valence-corrected chi connectivity index (χ0v) is 20.9. The lowest BCUT2D eigenvalue weighted by Gasteiger charge is -2.19. The van der Waals surface area contributed by atoms with E-state index in [0.29, 0.717) is 27.9 Å². The fourth-order valence-corrected chi connectivity index (χ4v) is 4.52. The molecule has 1 amide bonds. The van der Waals surface area contributed by atoms with Gasteiger partial charge in [0.15, 0.2) is 0 Å². The van der Waals surface area contributed by atoms with E-state index < -0.39 is 11.9 Å². The number of rotatable bonds is 8. The molecule has 35 heavy (non-hydrogen) atoms. The van der Waals surface area contributed by atoms with E-state index in [4.69, 9.17) is 9.72 Å². The van der Waals surface area contributed by atoms with Crippen LogP contribution in [0.25, 0.3) is 22.2 Å². The van der Waals surface area contributed by atoms with E-state index >= 15 is 0 Å². The first-order valence-corrected chi connectivity index (χ1v) is 11.8. The second-order valence-electron chi connectivity index (χ2n) is 8.08. The third-order valence-electron chi connectivity index (χ3n) is 5.80. The molecule has 0 saturated carbocycles. The van der Waals surface area contributed by atoms with Crippen LogP contribution in [0, 0.1) is 6.92 Å². The van der Waals surface area contributed by atoms with Crippen LogP contribution in [-0.4, -0.2) is 40.6 Å². The molecule has 0 radical (unpaired) electrons. The highest BCUT2D eigenvalue weighted by Gasteiger charge is 2.24. The molecule has 4 rings (SSSR count). The fourth-order valence-electron chi connectivity index (χ4n) is 4.16. The van der Waals surface area contributed by atoms with Crippen LogP contribution in [0.4, 0.5) is 0 Å². The number of benzene rings is 2. The van der Waals surface area contributed by atoms with Crippen molar-refractivity contribution in [2.24, 2.45) is 0 Å². The molecular formula is C27H24BrN3O4. The highest BCUT2D eigenvalue weighted by atomic mass is 79.9. The zero-order chi connectivity index (χ0) is 24.9. The minimum atomic E-state index is -0.988. The number of ether oxygens (including phenoxy) is 1. The molecule has 7 nitrogen and oxygen atoms in total. The van der Waals surface area contributed by atoms with Gasteiger partial charge in [-0.1, -0.05) is 46.3 Å².